The van der Waals surface area contributed by atoms with Crippen molar-refractivity contribution in [2.45, 2.75) is 0 Å². The monoisotopic (exact) mass is 273 g/mol. The minimum absolute atomic E-state index is 0.00882. The molecule has 20 heavy (non-hydrogen) atoms. The van der Waals surface area contributed by atoms with Crippen LogP contribution in [0.15, 0.2) is 18.3 Å². The third-order valence-corrected chi connectivity index (χ3v) is 2.26. The Hall–Kier alpha value is -3.33. The molecule has 2 N–H and O–H groups in total. The molecule has 0 fully saturated rings. The molecule has 0 saturated heterocycles. The molecule has 1 aromatic heterocycles. The van der Waals surface area contributed by atoms with E-state index in [0.29, 0.717) is 0 Å². The summed E-state index contributed by atoms with van der Waals surface area (Å²) in [7, 11) is 0. The average Bonchev–Trinajstić information content (AvgIpc) is 2.96. The molecule has 0 bridgehead atoms. The average molecular weight is 273 g/mol. The van der Waals surface area contributed by atoms with Gasteiger partial charge in [-0.2, -0.15) is 15.7 Å². The van der Waals surface area contributed by atoms with E-state index in [9.17, 15) is 8.78 Å². The Kier molecular flexibility index (Phi) is 3.63. The summed E-state index contributed by atoms with van der Waals surface area (Å²) in [5, 5.41) is 32.4. The van der Waals surface area contributed by atoms with Gasteiger partial charge in [-0.25, -0.2) is 8.78 Å². The van der Waals surface area contributed by atoms with Crippen LogP contribution in [0, 0.1) is 34.3 Å². The van der Waals surface area contributed by atoms with E-state index < -0.39 is 17.2 Å². The van der Waals surface area contributed by atoms with Gasteiger partial charge in [0.05, 0.1) is 11.3 Å². The highest BCUT2D eigenvalue weighted by atomic mass is 19.1. The van der Waals surface area contributed by atoms with E-state index in [2.05, 4.69) is 25.9 Å². The topological polar surface area (TPSA) is 114 Å². The van der Waals surface area contributed by atoms with Crippen LogP contribution in [0.3, 0.4) is 0 Å². The van der Waals surface area contributed by atoms with Crippen LogP contribution in [0.4, 0.5) is 14.5 Å². The molecule has 2 aromatic rings. The van der Waals surface area contributed by atoms with Gasteiger partial charge in [0.15, 0.2) is 0 Å². The zero-order chi connectivity index (χ0) is 14.5. The number of H-pyrrole nitrogens is 1. The number of aromatic nitrogens is 4. The quantitative estimate of drug-likeness (QED) is 0.815. The molecule has 0 aliphatic heterocycles. The molecule has 0 atom stereocenters. The van der Waals surface area contributed by atoms with Crippen LogP contribution in [-0.4, -0.2) is 20.6 Å². The number of allylic oxidation sites excluding steroid dienone is 1. The fourth-order valence-corrected chi connectivity index (χ4v) is 1.32. The summed E-state index contributed by atoms with van der Waals surface area (Å²) in [5.41, 5.74) is -0.656. The van der Waals surface area contributed by atoms with E-state index >= 15 is 0 Å². The van der Waals surface area contributed by atoms with E-state index in [1.54, 1.807) is 6.07 Å². The summed E-state index contributed by atoms with van der Waals surface area (Å²) in [4.78, 5) is 0. The minimum Gasteiger partial charge on any atom is -0.358 e. The van der Waals surface area contributed by atoms with Gasteiger partial charge in [-0.15, -0.1) is 10.2 Å². The van der Waals surface area contributed by atoms with Crippen molar-refractivity contribution in [2.24, 2.45) is 0 Å². The molecule has 0 aliphatic rings. The highest BCUT2D eigenvalue weighted by Crippen LogP contribution is 2.19. The van der Waals surface area contributed by atoms with Crippen LogP contribution in [-0.2, 0) is 0 Å². The van der Waals surface area contributed by atoms with Crippen molar-refractivity contribution in [2.75, 3.05) is 5.32 Å². The van der Waals surface area contributed by atoms with Crippen LogP contribution in [0.5, 0.6) is 0 Å². The van der Waals surface area contributed by atoms with E-state index in [4.69, 9.17) is 10.5 Å². The zero-order valence-electron chi connectivity index (χ0n) is 9.72. The Morgan fingerprint density at radius 3 is 2.70 bits per heavy atom. The number of nitrogens with zero attached hydrogens (tertiary/aromatic N) is 5. The van der Waals surface area contributed by atoms with Crippen LogP contribution in [0.1, 0.15) is 11.4 Å². The van der Waals surface area contributed by atoms with Gasteiger partial charge in [-0.3, -0.25) is 0 Å². The molecule has 7 nitrogen and oxygen atoms in total. The second kappa shape index (κ2) is 5.54. The molecule has 1 aromatic carbocycles. The molecule has 0 spiro atoms. The number of anilines is 1. The largest absolute Gasteiger partial charge is 0.358 e. The van der Waals surface area contributed by atoms with E-state index in [1.807, 2.05) is 0 Å². The Morgan fingerprint density at radius 2 is 2.10 bits per heavy atom. The Labute approximate surface area is 111 Å². The van der Waals surface area contributed by atoms with Gasteiger partial charge < -0.3 is 5.32 Å². The zero-order valence-corrected chi connectivity index (χ0v) is 9.72. The van der Waals surface area contributed by atoms with Gasteiger partial charge in [0.2, 0.25) is 5.82 Å². The van der Waals surface area contributed by atoms with Crippen LogP contribution >= 0.6 is 0 Å². The number of tetrazole rings is 1. The first-order valence-electron chi connectivity index (χ1n) is 5.15. The van der Waals surface area contributed by atoms with Gasteiger partial charge in [0.25, 0.3) is 0 Å². The smallest absolute Gasteiger partial charge is 0.216 e. The van der Waals surface area contributed by atoms with E-state index in [0.717, 1.165) is 18.3 Å². The molecule has 1 heterocycles. The Morgan fingerprint density at radius 1 is 1.30 bits per heavy atom. The molecule has 0 amide bonds. The third-order valence-electron chi connectivity index (χ3n) is 2.26. The number of nitriles is 2. The predicted molar refractivity (Wildman–Crippen MR) is 62.5 cm³/mol. The highest BCUT2D eigenvalue weighted by molar-refractivity contribution is 5.74. The number of nitrogens with one attached hydrogen (secondary N) is 2. The maximum absolute atomic E-state index is 13.6. The van der Waals surface area contributed by atoms with Crippen LogP contribution in [0.2, 0.25) is 0 Å². The summed E-state index contributed by atoms with van der Waals surface area (Å²) in [5.74, 6) is -1.69. The third kappa shape index (κ3) is 2.57. The summed E-state index contributed by atoms with van der Waals surface area (Å²) in [6.07, 6.45) is 1.11. The number of rotatable bonds is 3. The van der Waals surface area contributed by atoms with E-state index in [1.165, 1.54) is 6.07 Å². The summed E-state index contributed by atoms with van der Waals surface area (Å²) in [6.45, 7) is 0. The first-order chi connectivity index (χ1) is 9.65. The number of hydrogen-bond acceptors (Lipinski definition) is 6. The second-order valence-corrected chi connectivity index (χ2v) is 3.47. The van der Waals surface area contributed by atoms with Crippen LogP contribution < -0.4 is 5.32 Å². The van der Waals surface area contributed by atoms with Crippen molar-refractivity contribution >= 4 is 11.3 Å². The predicted octanol–water partition coefficient (Wildman–Crippen LogP) is 1.33. The molecule has 98 valence electrons. The molecular weight excluding hydrogens is 268 g/mol. The fourth-order valence-electron chi connectivity index (χ4n) is 1.32. The lowest BCUT2D eigenvalue weighted by molar-refractivity contribution is 0.600. The summed E-state index contributed by atoms with van der Waals surface area (Å²) >= 11 is 0. The van der Waals surface area contributed by atoms with Gasteiger partial charge in [-0.1, -0.05) is 0 Å². The SMILES string of the molecule is N#CC(=CNc1cc(F)c(C#N)cc1F)c1nn[nH]n1. The fraction of sp³-hybridized carbons (Fsp3) is 0. The maximum atomic E-state index is 13.6. The number of benzene rings is 1. The molecule has 0 aliphatic carbocycles. The second-order valence-electron chi connectivity index (χ2n) is 3.47. The highest BCUT2D eigenvalue weighted by Gasteiger charge is 2.10. The van der Waals surface area contributed by atoms with Gasteiger partial charge >= 0.3 is 0 Å². The van der Waals surface area contributed by atoms with Crippen molar-refractivity contribution in [1.82, 2.24) is 20.6 Å². The molecule has 0 saturated carbocycles. The lowest BCUT2D eigenvalue weighted by atomic mass is 10.2. The lowest BCUT2D eigenvalue weighted by Gasteiger charge is -2.04. The summed E-state index contributed by atoms with van der Waals surface area (Å²) < 4.78 is 26.9. The number of halogens is 2. The van der Waals surface area contributed by atoms with Crippen molar-refractivity contribution in [1.29, 1.82) is 10.5 Å². The lowest BCUT2D eigenvalue weighted by Crippen LogP contribution is -1.98. The molecule has 0 radical (unpaired) electrons. The number of hydrogen-bond donors (Lipinski definition) is 2. The first-order valence-corrected chi connectivity index (χ1v) is 5.15. The van der Waals surface area contributed by atoms with Crippen molar-refractivity contribution < 1.29 is 8.78 Å². The maximum Gasteiger partial charge on any atom is 0.216 e. The van der Waals surface area contributed by atoms with Crippen molar-refractivity contribution in [3.8, 4) is 12.1 Å². The Bertz CT molecular complexity index is 737. The molecule has 0 unspecified atom stereocenters. The summed E-state index contributed by atoms with van der Waals surface area (Å²) in [6, 6.07) is 4.87. The standard InChI is InChI=1S/C11H5F2N7/c12-8-2-10(9(13)1-6(8)3-14)16-5-7(4-15)11-17-19-20-18-11/h1-2,5,16H,(H,17,18,19,20). The molecule has 2 rings (SSSR count). The van der Waals surface area contributed by atoms with Crippen LogP contribution in [0.25, 0.3) is 5.57 Å². The van der Waals surface area contributed by atoms with Gasteiger partial charge in [0, 0.05) is 12.3 Å². The van der Waals surface area contributed by atoms with Crippen molar-refractivity contribution in [3.63, 3.8) is 0 Å². The van der Waals surface area contributed by atoms with Crippen molar-refractivity contribution in [3.05, 3.63) is 41.4 Å². The molecular formula is C11H5F2N7. The minimum atomic E-state index is -0.872. The first kappa shape index (κ1) is 13.1. The Balaban J connectivity index is 2.30. The number of aromatic amines is 1. The van der Waals surface area contributed by atoms with Gasteiger partial charge in [-0.05, 0) is 11.3 Å². The van der Waals surface area contributed by atoms with Gasteiger partial charge in [0.1, 0.15) is 29.3 Å². The van der Waals surface area contributed by atoms with E-state index in [-0.39, 0.29) is 17.1 Å². The molecule has 9 heteroatoms. The normalized spacial score (nSPS) is 10.7.